The second-order valence-corrected chi connectivity index (χ2v) is 2.37. The summed E-state index contributed by atoms with van der Waals surface area (Å²) in [5.41, 5.74) is 5.94. The van der Waals surface area contributed by atoms with Crippen LogP contribution in [0.15, 0.2) is 24.3 Å². The van der Waals surface area contributed by atoms with E-state index in [1.807, 2.05) is 0 Å². The Morgan fingerprint density at radius 1 is 1.33 bits per heavy atom. The summed E-state index contributed by atoms with van der Waals surface area (Å²) < 4.78 is 0. The average molecular weight is 164 g/mol. The normalized spacial score (nSPS) is 9.50. The van der Waals surface area contributed by atoms with Gasteiger partial charge in [-0.2, -0.15) is 0 Å². The Kier molecular flexibility index (Phi) is 2.47. The molecule has 0 bridgehead atoms. The first-order chi connectivity index (χ1) is 5.63. The maximum absolute atomic E-state index is 8.67. The molecular weight excluding hydrogens is 155 g/mol. The van der Waals surface area contributed by atoms with Crippen molar-refractivity contribution in [3.8, 4) is 0 Å². The molecule has 12 heavy (non-hydrogen) atoms. The number of rotatable bonds is 2. The molecule has 5 heteroatoms. The van der Waals surface area contributed by atoms with Gasteiger partial charge in [-0.3, -0.25) is 0 Å². The summed E-state index contributed by atoms with van der Waals surface area (Å²) >= 11 is 0. The lowest BCUT2D eigenvalue weighted by atomic mass is 9.78. The van der Waals surface area contributed by atoms with Gasteiger partial charge in [-0.15, -0.1) is 0 Å². The van der Waals surface area contributed by atoms with Crippen molar-refractivity contribution in [2.24, 2.45) is 0 Å². The number of nitrogens with two attached hydrogens (primary N) is 1. The fourth-order valence-electron chi connectivity index (χ4n) is 0.881. The van der Waals surface area contributed by atoms with Gasteiger partial charge in [0.1, 0.15) is 0 Å². The summed E-state index contributed by atoms with van der Waals surface area (Å²) in [6.07, 6.45) is 0. The molecule has 62 valence electrons. The minimum Gasteiger partial charge on any atom is -0.422 e. The van der Waals surface area contributed by atoms with Gasteiger partial charge in [0.25, 0.3) is 0 Å². The van der Waals surface area contributed by atoms with E-state index in [2.05, 4.69) is 0 Å². The molecule has 0 aromatic heterocycles. The van der Waals surface area contributed by atoms with E-state index in [0.717, 1.165) is 0 Å². The molecule has 0 spiro atoms. The van der Waals surface area contributed by atoms with Gasteiger partial charge in [0, 0.05) is 11.3 Å². The smallest absolute Gasteiger partial charge is 0.422 e. The third kappa shape index (κ3) is 1.64. The maximum atomic E-state index is 8.67. The van der Waals surface area contributed by atoms with Crippen LogP contribution in [0.2, 0.25) is 0 Å². The maximum Gasteiger partial charge on any atom is 0.508 e. The number of nitrogen functional groups attached to an aromatic ring is 1. The third-order valence-corrected chi connectivity index (χ3v) is 1.51. The van der Waals surface area contributed by atoms with Crippen molar-refractivity contribution in [2.75, 3.05) is 5.73 Å². The SMILES string of the molecule is N=C(B(O)O)c1ccccc1N. The number of benzene rings is 1. The van der Waals surface area contributed by atoms with E-state index >= 15 is 0 Å². The molecule has 0 aliphatic carbocycles. The third-order valence-electron chi connectivity index (χ3n) is 1.51. The zero-order valence-electron chi connectivity index (χ0n) is 6.36. The van der Waals surface area contributed by atoms with E-state index < -0.39 is 7.12 Å². The van der Waals surface area contributed by atoms with Crippen LogP contribution in [0.4, 0.5) is 5.69 Å². The molecule has 0 radical (unpaired) electrons. The van der Waals surface area contributed by atoms with Crippen molar-refractivity contribution in [2.45, 2.75) is 0 Å². The van der Waals surface area contributed by atoms with Crippen molar-refractivity contribution < 1.29 is 10.0 Å². The minimum atomic E-state index is -1.77. The predicted octanol–water partition coefficient (Wildman–Crippen LogP) is -0.351. The summed E-state index contributed by atoms with van der Waals surface area (Å²) in [4.78, 5) is 0. The Balaban J connectivity index is 3.03. The van der Waals surface area contributed by atoms with Crippen molar-refractivity contribution >= 4 is 18.4 Å². The first kappa shape index (κ1) is 8.77. The number of hydrogen-bond donors (Lipinski definition) is 4. The Hall–Kier alpha value is -1.33. The molecule has 0 saturated carbocycles. The van der Waals surface area contributed by atoms with Crippen LogP contribution in [0.25, 0.3) is 0 Å². The van der Waals surface area contributed by atoms with Crippen molar-refractivity contribution in [1.29, 1.82) is 5.41 Å². The fraction of sp³-hybridized carbons (Fsp3) is 0. The fourth-order valence-corrected chi connectivity index (χ4v) is 0.881. The van der Waals surface area contributed by atoms with Gasteiger partial charge in [-0.05, 0) is 6.07 Å². The summed E-state index contributed by atoms with van der Waals surface area (Å²) in [6.45, 7) is 0. The highest BCUT2D eigenvalue weighted by Crippen LogP contribution is 2.10. The van der Waals surface area contributed by atoms with E-state index in [-0.39, 0.29) is 5.61 Å². The summed E-state index contributed by atoms with van der Waals surface area (Å²) in [6, 6.07) is 6.57. The second-order valence-electron chi connectivity index (χ2n) is 2.37. The van der Waals surface area contributed by atoms with Crippen LogP contribution in [0.5, 0.6) is 0 Å². The molecule has 4 nitrogen and oxygen atoms in total. The van der Waals surface area contributed by atoms with E-state index in [0.29, 0.717) is 11.3 Å². The molecule has 0 amide bonds. The quantitative estimate of drug-likeness (QED) is 0.273. The van der Waals surface area contributed by atoms with Crippen molar-refractivity contribution in [3.63, 3.8) is 0 Å². The molecule has 0 fully saturated rings. The Morgan fingerprint density at radius 3 is 2.42 bits per heavy atom. The molecule has 1 aromatic rings. The van der Waals surface area contributed by atoms with E-state index in [9.17, 15) is 0 Å². The number of anilines is 1. The Morgan fingerprint density at radius 2 is 1.92 bits per heavy atom. The van der Waals surface area contributed by atoms with Crippen LogP contribution < -0.4 is 5.73 Å². The Bertz CT molecular complexity index is 301. The summed E-state index contributed by atoms with van der Waals surface area (Å²) in [7, 11) is -1.77. The van der Waals surface area contributed by atoms with Gasteiger partial charge < -0.3 is 21.2 Å². The molecule has 0 aliphatic heterocycles. The number of hydrogen-bond acceptors (Lipinski definition) is 4. The van der Waals surface area contributed by atoms with Crippen LogP contribution in [-0.4, -0.2) is 22.8 Å². The largest absolute Gasteiger partial charge is 0.508 e. The molecule has 1 rings (SSSR count). The summed E-state index contributed by atoms with van der Waals surface area (Å²) in [5.74, 6) is 0. The van der Waals surface area contributed by atoms with Gasteiger partial charge in [-0.25, -0.2) is 0 Å². The molecule has 1 aromatic carbocycles. The van der Waals surface area contributed by atoms with Gasteiger partial charge in [0.15, 0.2) is 0 Å². The first-order valence-corrected chi connectivity index (χ1v) is 3.42. The molecule has 5 N–H and O–H groups in total. The highest BCUT2D eigenvalue weighted by atomic mass is 16.4. The topological polar surface area (TPSA) is 90.3 Å². The van der Waals surface area contributed by atoms with E-state index in [1.165, 1.54) is 0 Å². The summed E-state index contributed by atoms with van der Waals surface area (Å²) in [5, 5.41) is 24.6. The van der Waals surface area contributed by atoms with Gasteiger partial charge >= 0.3 is 7.12 Å². The van der Waals surface area contributed by atoms with Gasteiger partial charge in [0.05, 0.1) is 5.61 Å². The molecule has 0 aliphatic rings. The number of nitrogens with one attached hydrogen (secondary N) is 1. The van der Waals surface area contributed by atoms with Crippen LogP contribution in [-0.2, 0) is 0 Å². The molecule has 0 unspecified atom stereocenters. The lowest BCUT2D eigenvalue weighted by molar-refractivity contribution is 0.430. The second kappa shape index (κ2) is 3.38. The standard InChI is InChI=1S/C7H9BN2O2/c9-6-4-2-1-3-5(6)7(10)8(11)12/h1-4,10-12H,9H2. The van der Waals surface area contributed by atoms with Crippen LogP contribution in [0.3, 0.4) is 0 Å². The zero-order chi connectivity index (χ0) is 9.14. The minimum absolute atomic E-state index is 0.284. The van der Waals surface area contributed by atoms with Crippen LogP contribution >= 0.6 is 0 Å². The van der Waals surface area contributed by atoms with Gasteiger partial charge in [0.2, 0.25) is 0 Å². The van der Waals surface area contributed by atoms with Crippen LogP contribution in [0.1, 0.15) is 5.56 Å². The van der Waals surface area contributed by atoms with Gasteiger partial charge in [-0.1, -0.05) is 18.2 Å². The molecule has 0 atom stereocenters. The van der Waals surface area contributed by atoms with E-state index in [4.69, 9.17) is 21.2 Å². The molecule has 0 heterocycles. The highest BCUT2D eigenvalue weighted by Gasteiger charge is 2.18. The number of para-hydroxylation sites is 1. The molecular formula is C7H9BN2O2. The monoisotopic (exact) mass is 164 g/mol. The van der Waals surface area contributed by atoms with Crippen molar-refractivity contribution in [1.82, 2.24) is 0 Å². The van der Waals surface area contributed by atoms with Crippen molar-refractivity contribution in [3.05, 3.63) is 29.8 Å². The lowest BCUT2D eigenvalue weighted by Gasteiger charge is -2.04. The lowest BCUT2D eigenvalue weighted by Crippen LogP contribution is -2.26. The predicted molar refractivity (Wildman–Crippen MR) is 47.9 cm³/mol. The van der Waals surface area contributed by atoms with Crippen LogP contribution in [0, 0.1) is 5.41 Å². The highest BCUT2D eigenvalue weighted by molar-refractivity contribution is 6.82. The zero-order valence-corrected chi connectivity index (χ0v) is 6.36. The molecule has 0 saturated heterocycles. The first-order valence-electron chi connectivity index (χ1n) is 3.42. The van der Waals surface area contributed by atoms with E-state index in [1.54, 1.807) is 24.3 Å². The Labute approximate surface area is 70.3 Å². The average Bonchev–Trinajstić information content (AvgIpc) is 2.04.